The Balaban J connectivity index is 0. The Bertz CT molecular complexity index is 7.51. The summed E-state index contributed by atoms with van der Waals surface area (Å²) in [5.41, 5.74) is 0. The van der Waals surface area contributed by atoms with Crippen molar-refractivity contribution < 1.29 is 39.9 Å². The molecule has 0 bridgehead atoms. The van der Waals surface area contributed by atoms with Crippen LogP contribution in [-0.4, -0.2) is 0 Å². The van der Waals surface area contributed by atoms with E-state index in [1.807, 2.05) is 0 Å². The second-order valence-electron chi connectivity index (χ2n) is 0. The van der Waals surface area contributed by atoms with Crippen molar-refractivity contribution in [1.82, 2.24) is 0 Å². The minimum absolute atomic E-state index is 0. The molecule has 0 aromatic carbocycles. The van der Waals surface area contributed by atoms with E-state index in [9.17, 15) is 0 Å². The van der Waals surface area contributed by atoms with Gasteiger partial charge >= 0.3 is 0 Å². The zero-order valence-electron chi connectivity index (χ0n) is 2.42. The molecule has 0 amide bonds. The predicted molar refractivity (Wildman–Crippen MR) is 10.4 cm³/mol. The molecule has 0 N–H and O–H groups in total. The van der Waals surface area contributed by atoms with Crippen LogP contribution in [0.25, 0.3) is 0 Å². The van der Waals surface area contributed by atoms with Gasteiger partial charge in [-0.3, -0.25) is 0 Å². The molecule has 0 nitrogen and oxygen atoms in total. The molecule has 6 heavy (non-hydrogen) atoms. The van der Waals surface area contributed by atoms with Crippen molar-refractivity contribution in [2.45, 2.75) is 0 Å². The smallest absolute Gasteiger partial charge is 0 e. The van der Waals surface area contributed by atoms with Crippen LogP contribution in [0.4, 0.5) is 0 Å². The van der Waals surface area contributed by atoms with Crippen molar-refractivity contribution in [3.63, 3.8) is 0 Å². The third-order valence-electron chi connectivity index (χ3n) is 0. The zero-order valence-corrected chi connectivity index (χ0v) is 5.43. The molecule has 0 aliphatic rings. The minimum Gasteiger partial charge on any atom is -1.00 e. The standard InChI is InChI=1S/4FH.Mo.H2S/h4*1H;;1H2/p-4. The summed E-state index contributed by atoms with van der Waals surface area (Å²) in [5, 5.41) is 0. The van der Waals surface area contributed by atoms with E-state index in [4.69, 9.17) is 0 Å². The second-order valence-corrected chi connectivity index (χ2v) is 0. The third-order valence-corrected chi connectivity index (χ3v) is 0. The molecule has 0 fully saturated rings. The predicted octanol–water partition coefficient (Wildman–Crippen LogP) is -11.9. The van der Waals surface area contributed by atoms with Gasteiger partial charge in [-0.25, -0.2) is 0 Å². The van der Waals surface area contributed by atoms with Gasteiger partial charge in [-0.2, -0.15) is 13.5 Å². The van der Waals surface area contributed by atoms with E-state index in [-0.39, 0.29) is 53.4 Å². The molecule has 6 heteroatoms. The molecule has 0 atom stereocenters. The van der Waals surface area contributed by atoms with E-state index in [0.717, 1.165) is 0 Å². The molecule has 0 saturated heterocycles. The Labute approximate surface area is 53.9 Å². The van der Waals surface area contributed by atoms with Gasteiger partial charge in [0.2, 0.25) is 0 Å². The summed E-state index contributed by atoms with van der Waals surface area (Å²) in [6, 6.07) is 0. The number of hydrogen-bond donors (Lipinski definition) is 0. The van der Waals surface area contributed by atoms with Crippen LogP contribution >= 0.6 is 13.5 Å². The topological polar surface area (TPSA) is 0 Å². The van der Waals surface area contributed by atoms with Crippen LogP contribution in [-0.2, 0) is 21.1 Å². The van der Waals surface area contributed by atoms with Crippen LogP contribution in [0, 0.1) is 0 Å². The maximum atomic E-state index is 0. The zero-order chi connectivity index (χ0) is 0. The molecule has 0 heterocycles. The van der Waals surface area contributed by atoms with E-state index in [2.05, 4.69) is 0 Å². The minimum atomic E-state index is 0. The first-order valence-corrected chi connectivity index (χ1v) is 0. The van der Waals surface area contributed by atoms with Crippen molar-refractivity contribution in [2.24, 2.45) is 0 Å². The van der Waals surface area contributed by atoms with E-state index in [1.165, 1.54) is 0 Å². The van der Waals surface area contributed by atoms with Crippen LogP contribution in [0.3, 0.4) is 0 Å². The van der Waals surface area contributed by atoms with Crippen molar-refractivity contribution in [1.29, 1.82) is 0 Å². The number of halogens is 4. The Hall–Kier alpha value is 0.758. The van der Waals surface area contributed by atoms with Crippen LogP contribution in [0.1, 0.15) is 0 Å². The van der Waals surface area contributed by atoms with Crippen molar-refractivity contribution in [3.05, 3.63) is 0 Å². The molecule has 46 valence electrons. The summed E-state index contributed by atoms with van der Waals surface area (Å²) in [4.78, 5) is 0. The van der Waals surface area contributed by atoms with Gasteiger partial charge in [-0.1, -0.05) is 0 Å². The first-order chi connectivity index (χ1) is 0. The quantitative estimate of drug-likeness (QED) is 0.273. The van der Waals surface area contributed by atoms with Crippen molar-refractivity contribution >= 4 is 13.5 Å². The Morgan fingerprint density at radius 3 is 0.500 bits per heavy atom. The number of hydrogen-bond acceptors (Lipinski definition) is 0. The largest absolute Gasteiger partial charge is 1.00 e. The molecule has 0 aromatic heterocycles. The van der Waals surface area contributed by atoms with Crippen LogP contribution in [0.5, 0.6) is 0 Å². The molecule has 0 radical (unpaired) electrons. The molecule has 0 spiro atoms. The summed E-state index contributed by atoms with van der Waals surface area (Å²) in [7, 11) is 0. The summed E-state index contributed by atoms with van der Waals surface area (Å²) in [6.07, 6.45) is 0. The van der Waals surface area contributed by atoms with Gasteiger partial charge in [0.1, 0.15) is 0 Å². The molecule has 0 saturated carbocycles. The van der Waals surface area contributed by atoms with E-state index < -0.39 is 0 Å². The third kappa shape index (κ3) is 117. The number of rotatable bonds is 0. The van der Waals surface area contributed by atoms with Gasteiger partial charge in [0.05, 0.1) is 0 Å². The Kier molecular flexibility index (Phi) is 14700. The van der Waals surface area contributed by atoms with Crippen molar-refractivity contribution in [2.75, 3.05) is 0 Å². The SMILES string of the molecule is S.[F-].[F-].[F-].[F-].[Mo]. The van der Waals surface area contributed by atoms with Crippen LogP contribution in [0.15, 0.2) is 0 Å². The van der Waals surface area contributed by atoms with Gasteiger partial charge in [0, 0.05) is 21.1 Å². The maximum Gasteiger partial charge on any atom is 0 e. The maximum absolute atomic E-state index is 0. The summed E-state index contributed by atoms with van der Waals surface area (Å²) in [6.45, 7) is 0. The van der Waals surface area contributed by atoms with Gasteiger partial charge in [0.25, 0.3) is 0 Å². The molecular formula is H2F4MoS-4. The fraction of sp³-hybridized carbons (Fsp3) is 0. The fourth-order valence-electron chi connectivity index (χ4n) is 0. The average Bonchev–Trinajstić information content (AvgIpc) is 0. The second kappa shape index (κ2) is 227. The van der Waals surface area contributed by atoms with E-state index >= 15 is 0 Å². The Morgan fingerprint density at radius 2 is 0.500 bits per heavy atom. The summed E-state index contributed by atoms with van der Waals surface area (Å²) in [5.74, 6) is 0. The monoisotopic (exact) mass is 208 g/mol. The molecule has 0 unspecified atom stereocenters. The van der Waals surface area contributed by atoms with E-state index in [1.54, 1.807) is 0 Å². The average molecular weight is 206 g/mol. The Morgan fingerprint density at radius 1 is 0.500 bits per heavy atom. The van der Waals surface area contributed by atoms with Gasteiger partial charge in [0.15, 0.2) is 0 Å². The molecular weight excluding hydrogens is 204 g/mol. The normalized spacial score (nSPS) is 0. The fourth-order valence-corrected chi connectivity index (χ4v) is 0. The van der Waals surface area contributed by atoms with Crippen LogP contribution < -0.4 is 18.8 Å². The van der Waals surface area contributed by atoms with Gasteiger partial charge in [-0.15, -0.1) is 0 Å². The van der Waals surface area contributed by atoms with Crippen LogP contribution in [0.2, 0.25) is 0 Å². The molecule has 0 aromatic rings. The molecule has 0 aliphatic heterocycles. The first-order valence-electron chi connectivity index (χ1n) is 0. The van der Waals surface area contributed by atoms with E-state index in [0.29, 0.717) is 0 Å². The van der Waals surface area contributed by atoms with Crippen molar-refractivity contribution in [3.8, 4) is 0 Å². The molecule has 0 rings (SSSR count). The van der Waals surface area contributed by atoms with Gasteiger partial charge in [-0.05, 0) is 0 Å². The molecule has 0 aliphatic carbocycles. The van der Waals surface area contributed by atoms with Gasteiger partial charge < -0.3 is 18.8 Å². The first kappa shape index (κ1) is 390. The summed E-state index contributed by atoms with van der Waals surface area (Å²) >= 11 is 0. The summed E-state index contributed by atoms with van der Waals surface area (Å²) < 4.78 is 0.